The van der Waals surface area contributed by atoms with E-state index < -0.39 is 0 Å². The van der Waals surface area contributed by atoms with Crippen molar-refractivity contribution in [1.29, 1.82) is 0 Å². The number of rotatable bonds is 1. The van der Waals surface area contributed by atoms with Crippen molar-refractivity contribution in [3.63, 3.8) is 0 Å². The summed E-state index contributed by atoms with van der Waals surface area (Å²) in [6.45, 7) is 1.58. The fourth-order valence-electron chi connectivity index (χ4n) is 1.94. The molecule has 0 spiro atoms. The van der Waals surface area contributed by atoms with Gasteiger partial charge in [0.05, 0.1) is 5.56 Å². The van der Waals surface area contributed by atoms with Crippen LogP contribution in [0.5, 0.6) is 0 Å². The highest BCUT2D eigenvalue weighted by atomic mass is 79.9. The molecular formula is C12H12Br2ClNO. The van der Waals surface area contributed by atoms with Gasteiger partial charge in [0.25, 0.3) is 5.91 Å². The molecule has 92 valence electrons. The summed E-state index contributed by atoms with van der Waals surface area (Å²) < 4.78 is 0.795. The van der Waals surface area contributed by atoms with Crippen LogP contribution in [-0.4, -0.2) is 28.7 Å². The second kappa shape index (κ2) is 5.72. The molecule has 0 N–H and O–H groups in total. The van der Waals surface area contributed by atoms with Crippen LogP contribution < -0.4 is 0 Å². The number of piperidine rings is 1. The second-order valence-corrected chi connectivity index (χ2v) is 6.70. The Morgan fingerprint density at radius 3 is 2.94 bits per heavy atom. The summed E-state index contributed by atoms with van der Waals surface area (Å²) in [5.74, 6) is 0.0449. The average Bonchev–Trinajstić information content (AvgIpc) is 2.31. The minimum absolute atomic E-state index is 0.0449. The Morgan fingerprint density at radius 1 is 1.47 bits per heavy atom. The maximum atomic E-state index is 12.3. The van der Waals surface area contributed by atoms with E-state index in [-0.39, 0.29) is 5.91 Å². The van der Waals surface area contributed by atoms with Crippen molar-refractivity contribution in [1.82, 2.24) is 4.90 Å². The van der Waals surface area contributed by atoms with E-state index in [4.69, 9.17) is 11.6 Å². The number of hydrogen-bond acceptors (Lipinski definition) is 1. The molecule has 1 amide bonds. The van der Waals surface area contributed by atoms with Crippen molar-refractivity contribution < 1.29 is 4.79 Å². The number of likely N-dealkylation sites (tertiary alicyclic amines) is 1. The van der Waals surface area contributed by atoms with Gasteiger partial charge in [-0.05, 0) is 47.0 Å². The molecule has 0 aliphatic carbocycles. The first-order chi connectivity index (χ1) is 8.08. The molecule has 17 heavy (non-hydrogen) atoms. The van der Waals surface area contributed by atoms with Gasteiger partial charge in [-0.25, -0.2) is 0 Å². The highest BCUT2D eigenvalue weighted by Crippen LogP contribution is 2.25. The zero-order valence-corrected chi connectivity index (χ0v) is 13.1. The van der Waals surface area contributed by atoms with Crippen LogP contribution in [0.2, 0.25) is 5.02 Å². The maximum absolute atomic E-state index is 12.3. The van der Waals surface area contributed by atoms with Crippen molar-refractivity contribution >= 4 is 49.4 Å². The van der Waals surface area contributed by atoms with Gasteiger partial charge in [0, 0.05) is 27.4 Å². The minimum atomic E-state index is 0.0449. The van der Waals surface area contributed by atoms with Crippen molar-refractivity contribution in [3.05, 3.63) is 33.3 Å². The topological polar surface area (TPSA) is 20.3 Å². The van der Waals surface area contributed by atoms with Gasteiger partial charge in [0.1, 0.15) is 0 Å². The van der Waals surface area contributed by atoms with Gasteiger partial charge >= 0.3 is 0 Å². The molecule has 2 nitrogen and oxygen atoms in total. The Morgan fingerprint density at radius 2 is 2.24 bits per heavy atom. The van der Waals surface area contributed by atoms with E-state index in [2.05, 4.69) is 31.9 Å². The number of halogens is 3. The van der Waals surface area contributed by atoms with E-state index >= 15 is 0 Å². The zero-order valence-electron chi connectivity index (χ0n) is 9.13. The molecule has 1 fully saturated rings. The monoisotopic (exact) mass is 379 g/mol. The fourth-order valence-corrected chi connectivity index (χ4v) is 3.20. The summed E-state index contributed by atoms with van der Waals surface area (Å²) >= 11 is 12.9. The van der Waals surface area contributed by atoms with E-state index in [0.717, 1.165) is 30.4 Å². The lowest BCUT2D eigenvalue weighted by Gasteiger charge is -2.30. The number of benzene rings is 1. The largest absolute Gasteiger partial charge is 0.337 e. The third-order valence-corrected chi connectivity index (χ3v) is 4.48. The van der Waals surface area contributed by atoms with E-state index in [1.54, 1.807) is 12.1 Å². The van der Waals surface area contributed by atoms with Crippen molar-refractivity contribution in [3.8, 4) is 0 Å². The Labute approximate surface area is 123 Å². The number of alkyl halides is 1. The summed E-state index contributed by atoms with van der Waals surface area (Å²) in [6.07, 6.45) is 2.17. The van der Waals surface area contributed by atoms with Crippen LogP contribution in [0.15, 0.2) is 22.7 Å². The molecule has 1 aromatic carbocycles. The molecule has 0 aromatic heterocycles. The number of hydrogen-bond donors (Lipinski definition) is 0. The molecule has 1 aromatic rings. The van der Waals surface area contributed by atoms with Crippen LogP contribution in [0.4, 0.5) is 0 Å². The quantitative estimate of drug-likeness (QED) is 0.671. The molecule has 5 heteroatoms. The number of carbonyl (C=O) groups is 1. The first kappa shape index (κ1) is 13.4. The summed E-state index contributed by atoms with van der Waals surface area (Å²) in [5, 5.41) is 0.587. The summed E-state index contributed by atoms with van der Waals surface area (Å²) in [5.41, 5.74) is 0.638. The molecule has 1 unspecified atom stereocenters. The predicted octanol–water partition coefficient (Wildman–Crippen LogP) is 4.10. The van der Waals surface area contributed by atoms with Crippen molar-refractivity contribution in [2.75, 3.05) is 13.1 Å². The highest BCUT2D eigenvalue weighted by molar-refractivity contribution is 9.10. The lowest BCUT2D eigenvalue weighted by molar-refractivity contribution is 0.0729. The van der Waals surface area contributed by atoms with Crippen molar-refractivity contribution in [2.45, 2.75) is 17.7 Å². The molecule has 2 rings (SSSR count). The molecule has 1 saturated heterocycles. The number of amides is 1. The summed E-state index contributed by atoms with van der Waals surface area (Å²) in [7, 11) is 0. The normalized spacial score (nSPS) is 20.4. The lowest BCUT2D eigenvalue weighted by atomic mass is 10.1. The summed E-state index contributed by atoms with van der Waals surface area (Å²) in [6, 6.07) is 5.29. The average molecular weight is 381 g/mol. The van der Waals surface area contributed by atoms with E-state index in [0.29, 0.717) is 15.4 Å². The maximum Gasteiger partial charge on any atom is 0.255 e. The molecule has 1 heterocycles. The smallest absolute Gasteiger partial charge is 0.255 e. The number of nitrogens with zero attached hydrogens (tertiary/aromatic N) is 1. The van der Waals surface area contributed by atoms with Gasteiger partial charge in [-0.15, -0.1) is 0 Å². The van der Waals surface area contributed by atoms with Crippen LogP contribution in [-0.2, 0) is 0 Å². The second-order valence-electron chi connectivity index (χ2n) is 4.11. The predicted molar refractivity (Wildman–Crippen MR) is 77.0 cm³/mol. The molecule has 1 aliphatic heterocycles. The molecular weight excluding hydrogens is 369 g/mol. The summed E-state index contributed by atoms with van der Waals surface area (Å²) in [4.78, 5) is 14.6. The third-order valence-electron chi connectivity index (χ3n) is 2.81. The Kier molecular flexibility index (Phi) is 4.50. The SMILES string of the molecule is O=C(c1cc(Cl)ccc1Br)N1CCCC(Br)C1. The third kappa shape index (κ3) is 3.24. The van der Waals surface area contributed by atoms with Gasteiger partial charge in [0.2, 0.25) is 0 Å². The van der Waals surface area contributed by atoms with Gasteiger partial charge in [0.15, 0.2) is 0 Å². The first-order valence-corrected chi connectivity index (χ1v) is 7.55. The zero-order chi connectivity index (χ0) is 12.4. The van der Waals surface area contributed by atoms with Gasteiger partial charge in [-0.2, -0.15) is 0 Å². The van der Waals surface area contributed by atoms with Crippen LogP contribution in [0.25, 0.3) is 0 Å². The van der Waals surface area contributed by atoms with Crippen LogP contribution in [0.3, 0.4) is 0 Å². The lowest BCUT2D eigenvalue weighted by Crippen LogP contribution is -2.40. The van der Waals surface area contributed by atoms with Crippen LogP contribution in [0.1, 0.15) is 23.2 Å². The molecule has 0 radical (unpaired) electrons. The fraction of sp³-hybridized carbons (Fsp3) is 0.417. The Bertz CT molecular complexity index is 439. The van der Waals surface area contributed by atoms with E-state index in [1.807, 2.05) is 11.0 Å². The van der Waals surface area contributed by atoms with Gasteiger partial charge in [-0.1, -0.05) is 27.5 Å². The van der Waals surface area contributed by atoms with Crippen LogP contribution in [0, 0.1) is 0 Å². The van der Waals surface area contributed by atoms with E-state index in [1.165, 1.54) is 0 Å². The molecule has 1 aliphatic rings. The Hall–Kier alpha value is -0.0600. The number of carbonyl (C=O) groups excluding carboxylic acids is 1. The molecule has 0 bridgehead atoms. The molecule has 0 saturated carbocycles. The van der Waals surface area contributed by atoms with Gasteiger partial charge in [-0.3, -0.25) is 4.79 Å². The Balaban J connectivity index is 2.21. The standard InChI is InChI=1S/C12H12Br2ClNO/c13-8-2-1-5-16(7-8)12(17)10-6-9(15)3-4-11(10)14/h3-4,6,8H,1-2,5,7H2. The van der Waals surface area contributed by atoms with Gasteiger partial charge < -0.3 is 4.90 Å². The minimum Gasteiger partial charge on any atom is -0.337 e. The highest BCUT2D eigenvalue weighted by Gasteiger charge is 2.24. The molecule has 1 atom stereocenters. The van der Waals surface area contributed by atoms with E-state index in [9.17, 15) is 4.79 Å². The first-order valence-electron chi connectivity index (χ1n) is 5.46. The van der Waals surface area contributed by atoms with Crippen molar-refractivity contribution in [2.24, 2.45) is 0 Å². The van der Waals surface area contributed by atoms with Crippen LogP contribution >= 0.6 is 43.5 Å².